The number of carbonyl (C=O) groups is 1. The van der Waals surface area contributed by atoms with Crippen LogP contribution in [0.15, 0.2) is 18.2 Å². The lowest BCUT2D eigenvalue weighted by atomic mass is 10.2. The quantitative estimate of drug-likeness (QED) is 0.940. The number of aryl methyl sites for hydroxylation is 2. The largest absolute Gasteiger partial charge is 0.495 e. The molecule has 0 aliphatic heterocycles. The second kappa shape index (κ2) is 5.59. The number of nitrogens with one attached hydrogen (secondary N) is 1. The highest BCUT2D eigenvalue weighted by atomic mass is 35.5. The molecule has 0 bridgehead atoms. The molecule has 100 valence electrons. The molecule has 0 saturated carbocycles. The van der Waals surface area contributed by atoms with Crippen LogP contribution in [0.5, 0.6) is 5.75 Å². The summed E-state index contributed by atoms with van der Waals surface area (Å²) in [5, 5.41) is 4.16. The van der Waals surface area contributed by atoms with Crippen LogP contribution in [0.25, 0.3) is 0 Å². The van der Waals surface area contributed by atoms with Crippen LogP contribution in [0.4, 0.5) is 5.69 Å². The van der Waals surface area contributed by atoms with Gasteiger partial charge in [-0.25, -0.2) is 4.98 Å². The van der Waals surface area contributed by atoms with E-state index in [0.717, 1.165) is 9.88 Å². The Labute approximate surface area is 120 Å². The third-order valence-electron chi connectivity index (χ3n) is 2.53. The minimum Gasteiger partial charge on any atom is -0.495 e. The van der Waals surface area contributed by atoms with Crippen LogP contribution in [-0.2, 0) is 0 Å². The number of rotatable bonds is 3. The van der Waals surface area contributed by atoms with E-state index < -0.39 is 0 Å². The van der Waals surface area contributed by atoms with Gasteiger partial charge in [0.1, 0.15) is 11.4 Å². The van der Waals surface area contributed by atoms with Crippen LogP contribution in [0.1, 0.15) is 20.4 Å². The van der Waals surface area contributed by atoms with Crippen LogP contribution < -0.4 is 10.1 Å². The molecule has 2 rings (SSSR count). The van der Waals surface area contributed by atoms with E-state index in [1.807, 2.05) is 13.8 Å². The Morgan fingerprint density at radius 1 is 1.42 bits per heavy atom. The van der Waals surface area contributed by atoms with Crippen molar-refractivity contribution in [2.45, 2.75) is 13.8 Å². The molecule has 0 saturated heterocycles. The molecule has 1 aromatic carbocycles. The Bertz CT molecular complexity index is 625. The van der Waals surface area contributed by atoms with Gasteiger partial charge in [-0.1, -0.05) is 11.6 Å². The summed E-state index contributed by atoms with van der Waals surface area (Å²) in [6.07, 6.45) is 0. The highest BCUT2D eigenvalue weighted by Gasteiger charge is 2.16. The average Bonchev–Trinajstić information content (AvgIpc) is 2.69. The smallest absolute Gasteiger partial charge is 0.275 e. The molecule has 0 unspecified atom stereocenters. The summed E-state index contributed by atoms with van der Waals surface area (Å²) in [6.45, 7) is 3.74. The molecule has 19 heavy (non-hydrogen) atoms. The molecular weight excluding hydrogens is 284 g/mol. The van der Waals surface area contributed by atoms with Crippen molar-refractivity contribution in [1.29, 1.82) is 0 Å². The topological polar surface area (TPSA) is 51.2 Å². The van der Waals surface area contributed by atoms with Crippen LogP contribution in [0.3, 0.4) is 0 Å². The van der Waals surface area contributed by atoms with Gasteiger partial charge in [-0.3, -0.25) is 4.79 Å². The molecule has 2 aromatic rings. The van der Waals surface area contributed by atoms with Crippen molar-refractivity contribution in [2.24, 2.45) is 0 Å². The number of nitrogens with zero attached hydrogens (tertiary/aromatic N) is 1. The van der Waals surface area contributed by atoms with Crippen LogP contribution in [0.2, 0.25) is 5.02 Å². The fourth-order valence-electron chi connectivity index (χ4n) is 1.70. The van der Waals surface area contributed by atoms with Crippen molar-refractivity contribution in [3.63, 3.8) is 0 Å². The van der Waals surface area contributed by atoms with Gasteiger partial charge in [-0.15, -0.1) is 11.3 Å². The number of halogens is 1. The lowest BCUT2D eigenvalue weighted by Gasteiger charge is -2.09. The number of benzene rings is 1. The van der Waals surface area contributed by atoms with E-state index in [1.54, 1.807) is 18.2 Å². The Morgan fingerprint density at radius 3 is 2.74 bits per heavy atom. The number of hydrogen-bond acceptors (Lipinski definition) is 4. The molecule has 1 aromatic heterocycles. The zero-order valence-electron chi connectivity index (χ0n) is 10.8. The molecule has 0 radical (unpaired) electrons. The van der Waals surface area contributed by atoms with E-state index in [2.05, 4.69) is 10.3 Å². The van der Waals surface area contributed by atoms with Crippen molar-refractivity contribution in [3.05, 3.63) is 38.8 Å². The molecule has 0 spiro atoms. The van der Waals surface area contributed by atoms with Gasteiger partial charge in [0.25, 0.3) is 5.91 Å². The van der Waals surface area contributed by atoms with E-state index in [4.69, 9.17) is 16.3 Å². The Morgan fingerprint density at radius 2 is 2.16 bits per heavy atom. The third-order valence-corrected chi connectivity index (χ3v) is 3.65. The first-order valence-corrected chi connectivity index (χ1v) is 6.79. The number of amides is 1. The first kappa shape index (κ1) is 13.8. The van der Waals surface area contributed by atoms with Crippen LogP contribution in [-0.4, -0.2) is 18.0 Å². The standard InChI is InChI=1S/C13H13ClN2O2S/c1-7-12(15-8(2)19-7)13(17)16-10-6-9(14)4-5-11(10)18-3/h4-6H,1-3H3,(H,16,17). The minimum absolute atomic E-state index is 0.262. The fraction of sp³-hybridized carbons (Fsp3) is 0.231. The van der Waals surface area contributed by atoms with Gasteiger partial charge in [0.05, 0.1) is 17.8 Å². The summed E-state index contributed by atoms with van der Waals surface area (Å²) in [6, 6.07) is 5.05. The number of anilines is 1. The predicted octanol–water partition coefficient (Wildman–Crippen LogP) is 3.67. The maximum absolute atomic E-state index is 12.2. The summed E-state index contributed by atoms with van der Waals surface area (Å²) >= 11 is 7.41. The zero-order chi connectivity index (χ0) is 14.0. The first-order valence-electron chi connectivity index (χ1n) is 5.60. The van der Waals surface area contributed by atoms with Gasteiger partial charge in [-0.2, -0.15) is 0 Å². The van der Waals surface area contributed by atoms with Crippen LogP contribution >= 0.6 is 22.9 Å². The third kappa shape index (κ3) is 3.05. The van der Waals surface area contributed by atoms with Gasteiger partial charge >= 0.3 is 0 Å². The molecule has 0 atom stereocenters. The first-order chi connectivity index (χ1) is 9.01. The number of aromatic nitrogens is 1. The highest BCUT2D eigenvalue weighted by molar-refractivity contribution is 7.11. The lowest BCUT2D eigenvalue weighted by molar-refractivity contribution is 0.102. The molecule has 0 aliphatic carbocycles. The van der Waals surface area contributed by atoms with Crippen molar-refractivity contribution >= 4 is 34.5 Å². The molecule has 0 aliphatic rings. The number of thiazole rings is 1. The maximum atomic E-state index is 12.2. The summed E-state index contributed by atoms with van der Waals surface area (Å²) in [7, 11) is 1.54. The molecule has 6 heteroatoms. The second-order valence-corrected chi connectivity index (χ2v) is 5.78. The number of hydrogen-bond donors (Lipinski definition) is 1. The summed E-state index contributed by atoms with van der Waals surface area (Å²) in [5.74, 6) is 0.296. The second-order valence-electron chi connectivity index (χ2n) is 3.94. The van der Waals surface area contributed by atoms with E-state index in [0.29, 0.717) is 22.2 Å². The normalized spacial score (nSPS) is 10.3. The highest BCUT2D eigenvalue weighted by Crippen LogP contribution is 2.28. The van der Waals surface area contributed by atoms with Gasteiger partial charge in [0.15, 0.2) is 0 Å². The molecular formula is C13H13ClN2O2S. The van der Waals surface area contributed by atoms with Gasteiger partial charge in [-0.05, 0) is 32.0 Å². The lowest BCUT2D eigenvalue weighted by Crippen LogP contribution is -2.14. The minimum atomic E-state index is -0.262. The summed E-state index contributed by atoms with van der Waals surface area (Å²) < 4.78 is 5.18. The van der Waals surface area contributed by atoms with Crippen LogP contribution in [0, 0.1) is 13.8 Å². The average molecular weight is 297 g/mol. The predicted molar refractivity (Wildman–Crippen MR) is 77.5 cm³/mol. The Hall–Kier alpha value is -1.59. The van der Waals surface area contributed by atoms with Gasteiger partial charge in [0.2, 0.25) is 0 Å². The number of ether oxygens (including phenoxy) is 1. The summed E-state index contributed by atoms with van der Waals surface area (Å²) in [5.41, 5.74) is 0.967. The van der Waals surface area contributed by atoms with Crippen molar-refractivity contribution in [1.82, 2.24) is 4.98 Å². The fourth-order valence-corrected chi connectivity index (χ4v) is 2.69. The van der Waals surface area contributed by atoms with Crippen molar-refractivity contribution < 1.29 is 9.53 Å². The monoisotopic (exact) mass is 296 g/mol. The SMILES string of the molecule is COc1ccc(Cl)cc1NC(=O)c1nc(C)sc1C. The molecule has 4 nitrogen and oxygen atoms in total. The number of carbonyl (C=O) groups excluding carboxylic acids is 1. The van der Waals surface area contributed by atoms with E-state index in [1.165, 1.54) is 18.4 Å². The van der Waals surface area contributed by atoms with E-state index in [-0.39, 0.29) is 5.91 Å². The number of methoxy groups -OCH3 is 1. The Kier molecular flexibility index (Phi) is 4.07. The molecule has 1 heterocycles. The summed E-state index contributed by atoms with van der Waals surface area (Å²) in [4.78, 5) is 17.3. The Balaban J connectivity index is 2.28. The van der Waals surface area contributed by atoms with E-state index >= 15 is 0 Å². The van der Waals surface area contributed by atoms with Gasteiger partial charge < -0.3 is 10.1 Å². The maximum Gasteiger partial charge on any atom is 0.275 e. The van der Waals surface area contributed by atoms with E-state index in [9.17, 15) is 4.79 Å². The van der Waals surface area contributed by atoms with Gasteiger partial charge in [0, 0.05) is 9.90 Å². The van der Waals surface area contributed by atoms with Crippen molar-refractivity contribution in [3.8, 4) is 5.75 Å². The zero-order valence-corrected chi connectivity index (χ0v) is 12.4. The molecule has 0 fully saturated rings. The van der Waals surface area contributed by atoms with Crippen molar-refractivity contribution in [2.75, 3.05) is 12.4 Å². The molecule has 1 amide bonds. The molecule has 1 N–H and O–H groups in total.